The lowest BCUT2D eigenvalue weighted by atomic mass is 10.3. The van der Waals surface area contributed by atoms with E-state index >= 15 is 0 Å². The first kappa shape index (κ1) is 16.3. The van der Waals surface area contributed by atoms with Crippen molar-refractivity contribution < 1.29 is 14.3 Å². The summed E-state index contributed by atoms with van der Waals surface area (Å²) in [6.07, 6.45) is 1.87. The molecule has 0 radical (unpaired) electrons. The number of methoxy groups -OCH3 is 1. The molecule has 0 saturated carbocycles. The molecule has 8 heteroatoms. The molecule has 1 amide bonds. The molecule has 0 fully saturated rings. The summed E-state index contributed by atoms with van der Waals surface area (Å²) in [5.41, 5.74) is 1.53. The first-order chi connectivity index (χ1) is 9.85. The SMILES string of the molecule is COC(=O)c1cc(NC(=O)c2cc(I)cn2C)c(I)n1C. The number of nitrogens with zero attached hydrogens (tertiary/aromatic N) is 2. The van der Waals surface area contributed by atoms with E-state index in [1.54, 1.807) is 28.3 Å². The molecule has 0 aliphatic carbocycles. The Morgan fingerprint density at radius 1 is 1.19 bits per heavy atom. The van der Waals surface area contributed by atoms with Crippen LogP contribution in [0.15, 0.2) is 18.3 Å². The highest BCUT2D eigenvalue weighted by atomic mass is 127. The van der Waals surface area contributed by atoms with Crippen molar-refractivity contribution in [3.05, 3.63) is 37.0 Å². The Morgan fingerprint density at radius 3 is 2.38 bits per heavy atom. The number of rotatable bonds is 3. The highest BCUT2D eigenvalue weighted by Gasteiger charge is 2.19. The van der Waals surface area contributed by atoms with Crippen molar-refractivity contribution in [1.82, 2.24) is 9.13 Å². The Hall–Kier alpha value is -1.04. The smallest absolute Gasteiger partial charge is 0.354 e. The number of esters is 1. The van der Waals surface area contributed by atoms with Gasteiger partial charge in [-0.05, 0) is 57.3 Å². The van der Waals surface area contributed by atoms with Gasteiger partial charge in [0, 0.05) is 23.9 Å². The molecule has 0 bridgehead atoms. The van der Waals surface area contributed by atoms with E-state index in [0.717, 1.165) is 7.27 Å². The first-order valence-corrected chi connectivity index (χ1v) is 8.07. The minimum absolute atomic E-state index is 0.222. The van der Waals surface area contributed by atoms with Crippen LogP contribution in [0.3, 0.4) is 0 Å². The van der Waals surface area contributed by atoms with Crippen LogP contribution >= 0.6 is 45.2 Å². The van der Waals surface area contributed by atoms with Gasteiger partial charge in [-0.3, -0.25) is 4.79 Å². The fraction of sp³-hybridized carbons (Fsp3) is 0.231. The molecule has 2 aromatic rings. The van der Waals surface area contributed by atoms with Gasteiger partial charge in [-0.15, -0.1) is 0 Å². The van der Waals surface area contributed by atoms with Crippen LogP contribution in [0.2, 0.25) is 0 Å². The van der Waals surface area contributed by atoms with Crippen molar-refractivity contribution >= 4 is 62.7 Å². The molecule has 0 aliphatic rings. The summed E-state index contributed by atoms with van der Waals surface area (Å²) < 4.78 is 9.89. The summed E-state index contributed by atoms with van der Waals surface area (Å²) >= 11 is 4.23. The van der Waals surface area contributed by atoms with E-state index in [-0.39, 0.29) is 5.91 Å². The van der Waals surface area contributed by atoms with Crippen LogP contribution in [0.25, 0.3) is 0 Å². The fourth-order valence-electron chi connectivity index (χ4n) is 1.90. The minimum Gasteiger partial charge on any atom is -0.464 e. The molecule has 0 spiro atoms. The summed E-state index contributed by atoms with van der Waals surface area (Å²) in [4.78, 5) is 23.9. The fourth-order valence-corrected chi connectivity index (χ4v) is 3.17. The van der Waals surface area contributed by atoms with Crippen LogP contribution in [-0.2, 0) is 18.8 Å². The van der Waals surface area contributed by atoms with Crippen molar-refractivity contribution in [2.75, 3.05) is 12.4 Å². The van der Waals surface area contributed by atoms with Gasteiger partial charge in [-0.1, -0.05) is 0 Å². The molecular formula is C13H13I2N3O3. The summed E-state index contributed by atoms with van der Waals surface area (Å²) in [5.74, 6) is -0.662. The third-order valence-electron chi connectivity index (χ3n) is 3.01. The minimum atomic E-state index is -0.440. The van der Waals surface area contributed by atoms with Gasteiger partial charge in [0.05, 0.1) is 12.8 Å². The van der Waals surface area contributed by atoms with Crippen LogP contribution in [0.5, 0.6) is 0 Å². The number of ether oxygens (including phenoxy) is 1. The Labute approximate surface area is 149 Å². The molecule has 21 heavy (non-hydrogen) atoms. The second kappa shape index (κ2) is 6.38. The van der Waals surface area contributed by atoms with Crippen LogP contribution in [0.1, 0.15) is 21.0 Å². The van der Waals surface area contributed by atoms with E-state index < -0.39 is 5.97 Å². The molecule has 6 nitrogen and oxygen atoms in total. The van der Waals surface area contributed by atoms with E-state index in [0.29, 0.717) is 17.1 Å². The summed E-state index contributed by atoms with van der Waals surface area (Å²) in [6.45, 7) is 0. The van der Waals surface area contributed by atoms with Gasteiger partial charge < -0.3 is 19.2 Å². The third kappa shape index (κ3) is 3.25. The van der Waals surface area contributed by atoms with Gasteiger partial charge >= 0.3 is 5.97 Å². The van der Waals surface area contributed by atoms with Crippen LogP contribution < -0.4 is 5.32 Å². The zero-order valence-electron chi connectivity index (χ0n) is 11.6. The summed E-state index contributed by atoms with van der Waals surface area (Å²) in [5, 5.41) is 2.82. The zero-order chi connectivity index (χ0) is 15.7. The Morgan fingerprint density at radius 2 is 1.86 bits per heavy atom. The average molecular weight is 513 g/mol. The number of amides is 1. The van der Waals surface area contributed by atoms with Crippen molar-refractivity contribution in [2.24, 2.45) is 14.1 Å². The third-order valence-corrected chi connectivity index (χ3v) is 4.90. The first-order valence-electron chi connectivity index (χ1n) is 5.92. The molecule has 2 aromatic heterocycles. The van der Waals surface area contributed by atoms with Gasteiger partial charge in [-0.2, -0.15) is 0 Å². The van der Waals surface area contributed by atoms with Gasteiger partial charge in [0.2, 0.25) is 0 Å². The second-order valence-corrected chi connectivity index (χ2v) is 6.66. The van der Waals surface area contributed by atoms with Gasteiger partial charge in [0.25, 0.3) is 5.91 Å². The number of hydrogen-bond donors (Lipinski definition) is 1. The van der Waals surface area contributed by atoms with Crippen LogP contribution in [-0.4, -0.2) is 28.1 Å². The molecule has 2 rings (SSSR count). The quantitative estimate of drug-likeness (QED) is 0.508. The lowest BCUT2D eigenvalue weighted by Gasteiger charge is -2.05. The van der Waals surface area contributed by atoms with Gasteiger partial charge in [-0.25, -0.2) is 4.79 Å². The number of carbonyl (C=O) groups excluding carboxylic acids is 2. The largest absolute Gasteiger partial charge is 0.464 e. The number of aromatic nitrogens is 2. The number of hydrogen-bond acceptors (Lipinski definition) is 3. The molecule has 0 aromatic carbocycles. The number of aryl methyl sites for hydroxylation is 1. The van der Waals surface area contributed by atoms with Gasteiger partial charge in [0.15, 0.2) is 0 Å². The predicted octanol–water partition coefficient (Wildman–Crippen LogP) is 2.61. The van der Waals surface area contributed by atoms with E-state index in [2.05, 4.69) is 50.5 Å². The Balaban J connectivity index is 2.30. The number of nitrogens with one attached hydrogen (secondary N) is 1. The highest BCUT2D eigenvalue weighted by Crippen LogP contribution is 2.24. The normalized spacial score (nSPS) is 10.5. The number of halogens is 2. The van der Waals surface area contributed by atoms with Crippen molar-refractivity contribution in [3.8, 4) is 0 Å². The second-order valence-electron chi connectivity index (χ2n) is 4.39. The zero-order valence-corrected chi connectivity index (χ0v) is 15.9. The molecule has 1 N–H and O–H groups in total. The van der Waals surface area contributed by atoms with E-state index in [1.165, 1.54) is 7.11 Å². The van der Waals surface area contributed by atoms with Crippen LogP contribution in [0, 0.1) is 7.27 Å². The number of carbonyl (C=O) groups is 2. The molecule has 2 heterocycles. The van der Waals surface area contributed by atoms with Crippen molar-refractivity contribution in [2.45, 2.75) is 0 Å². The summed E-state index contributed by atoms with van der Waals surface area (Å²) in [6, 6.07) is 3.41. The lowest BCUT2D eigenvalue weighted by Crippen LogP contribution is -2.15. The highest BCUT2D eigenvalue weighted by molar-refractivity contribution is 14.1. The Kier molecular flexibility index (Phi) is 4.96. The molecule has 0 aliphatic heterocycles. The molecule has 0 atom stereocenters. The number of anilines is 1. The lowest BCUT2D eigenvalue weighted by molar-refractivity contribution is 0.0589. The molecular weight excluding hydrogens is 500 g/mol. The average Bonchev–Trinajstić information content (AvgIpc) is 2.91. The van der Waals surface area contributed by atoms with Crippen LogP contribution in [0.4, 0.5) is 5.69 Å². The maximum absolute atomic E-state index is 12.3. The van der Waals surface area contributed by atoms with E-state index in [4.69, 9.17) is 4.74 Å². The van der Waals surface area contributed by atoms with Crippen molar-refractivity contribution in [3.63, 3.8) is 0 Å². The monoisotopic (exact) mass is 513 g/mol. The maximum Gasteiger partial charge on any atom is 0.354 e. The van der Waals surface area contributed by atoms with E-state index in [9.17, 15) is 9.59 Å². The van der Waals surface area contributed by atoms with Gasteiger partial charge in [0.1, 0.15) is 15.1 Å². The van der Waals surface area contributed by atoms with Crippen molar-refractivity contribution in [1.29, 1.82) is 0 Å². The Bertz CT molecular complexity index is 719. The summed E-state index contributed by atoms with van der Waals surface area (Å²) in [7, 11) is 4.88. The standard InChI is InChI=1S/C13H13I2N3O3/c1-17-6-7(14)4-9(17)12(19)16-8-5-10(13(20)21-3)18(2)11(8)15/h4-6H,1-3H3,(H,16,19). The maximum atomic E-state index is 12.3. The molecule has 112 valence electrons. The molecule has 0 unspecified atom stereocenters. The molecule has 0 saturated heterocycles. The van der Waals surface area contributed by atoms with E-state index in [1.807, 2.05) is 13.2 Å². The topological polar surface area (TPSA) is 65.3 Å². The predicted molar refractivity (Wildman–Crippen MR) is 95.6 cm³/mol.